The predicted octanol–water partition coefficient (Wildman–Crippen LogP) is 4.13. The number of anilines is 1. The van der Waals surface area contributed by atoms with E-state index in [-0.39, 0.29) is 16.7 Å². The molecule has 1 saturated heterocycles. The van der Waals surface area contributed by atoms with Gasteiger partial charge >= 0.3 is 0 Å². The molecule has 1 N–H and O–H groups in total. The number of aryl methyl sites for hydroxylation is 1. The molecule has 5 rings (SSSR count). The largest absolute Gasteiger partial charge is 0.475 e. The predicted molar refractivity (Wildman–Crippen MR) is 140 cm³/mol. The van der Waals surface area contributed by atoms with E-state index in [2.05, 4.69) is 19.6 Å². The molecule has 2 aliphatic rings. The number of sulfonamides is 1. The lowest BCUT2D eigenvalue weighted by molar-refractivity contribution is 0.0981. The molecule has 3 aromatic heterocycles. The van der Waals surface area contributed by atoms with Crippen molar-refractivity contribution in [3.05, 3.63) is 59.9 Å². The monoisotopic (exact) mass is 521 g/mol. The van der Waals surface area contributed by atoms with Gasteiger partial charge in [-0.3, -0.25) is 4.79 Å². The summed E-state index contributed by atoms with van der Waals surface area (Å²) >= 11 is 0. The van der Waals surface area contributed by atoms with Gasteiger partial charge in [-0.1, -0.05) is 6.07 Å². The molecule has 1 saturated carbocycles. The van der Waals surface area contributed by atoms with E-state index < -0.39 is 15.9 Å². The summed E-state index contributed by atoms with van der Waals surface area (Å²) < 4.78 is 33.6. The molecule has 0 unspecified atom stereocenters. The first-order valence-electron chi connectivity index (χ1n) is 12.5. The van der Waals surface area contributed by atoms with Crippen molar-refractivity contribution in [2.24, 2.45) is 5.41 Å². The van der Waals surface area contributed by atoms with Gasteiger partial charge in [0.05, 0.1) is 17.4 Å². The van der Waals surface area contributed by atoms with E-state index in [1.165, 1.54) is 18.9 Å². The lowest BCUT2D eigenvalue weighted by atomic mass is 9.93. The van der Waals surface area contributed by atoms with E-state index >= 15 is 0 Å². The standard InChI is InChI=1S/C27H31N5O4S/c1-18(2)36-23-10-7-20(17-28-23)22-9-8-21(25(30-22)32-15-13-27(11-12-27)14-16-32)26(33)31-37(34,35)24-6-4-5-19(3)29-24/h4-10,17-18H,11-16H2,1-3H3,(H,31,33). The van der Waals surface area contributed by atoms with Gasteiger partial charge in [0, 0.05) is 36.6 Å². The van der Waals surface area contributed by atoms with Gasteiger partial charge in [0.1, 0.15) is 5.82 Å². The number of amides is 1. The van der Waals surface area contributed by atoms with E-state index in [1.807, 2.05) is 19.9 Å². The maximum atomic E-state index is 13.3. The fourth-order valence-electron chi connectivity index (χ4n) is 4.64. The van der Waals surface area contributed by atoms with Crippen molar-refractivity contribution in [1.82, 2.24) is 19.7 Å². The van der Waals surface area contributed by atoms with Crippen LogP contribution in [0.25, 0.3) is 11.3 Å². The maximum absolute atomic E-state index is 13.3. The van der Waals surface area contributed by atoms with Crippen LogP contribution in [0.3, 0.4) is 0 Å². The van der Waals surface area contributed by atoms with Crippen molar-refractivity contribution >= 4 is 21.7 Å². The number of carbonyl (C=O) groups excluding carboxylic acids is 1. The average Bonchev–Trinajstić information content (AvgIpc) is 3.62. The summed E-state index contributed by atoms with van der Waals surface area (Å²) in [6.45, 7) is 7.10. The van der Waals surface area contributed by atoms with Crippen molar-refractivity contribution in [2.45, 2.75) is 57.6 Å². The van der Waals surface area contributed by atoms with Gasteiger partial charge in [0.15, 0.2) is 5.03 Å². The highest BCUT2D eigenvalue weighted by Crippen LogP contribution is 2.54. The van der Waals surface area contributed by atoms with Crippen LogP contribution in [0, 0.1) is 12.3 Å². The number of pyridine rings is 3. The third-order valence-electron chi connectivity index (χ3n) is 6.95. The van der Waals surface area contributed by atoms with Crippen LogP contribution in [0.5, 0.6) is 5.88 Å². The Bertz CT molecular complexity index is 1410. The van der Waals surface area contributed by atoms with Crippen molar-refractivity contribution in [2.75, 3.05) is 18.0 Å². The minimum absolute atomic E-state index is 0.0148. The van der Waals surface area contributed by atoms with Crippen LogP contribution >= 0.6 is 0 Å². The molecule has 9 nitrogen and oxygen atoms in total. The third-order valence-corrected chi connectivity index (χ3v) is 8.19. The van der Waals surface area contributed by atoms with Gasteiger partial charge in [-0.2, -0.15) is 8.42 Å². The van der Waals surface area contributed by atoms with Crippen LogP contribution in [-0.4, -0.2) is 48.5 Å². The summed E-state index contributed by atoms with van der Waals surface area (Å²) in [6, 6.07) is 11.7. The van der Waals surface area contributed by atoms with Crippen molar-refractivity contribution in [1.29, 1.82) is 0 Å². The second kappa shape index (κ2) is 9.74. The molecule has 3 aromatic rings. The molecule has 37 heavy (non-hydrogen) atoms. The number of nitrogens with zero attached hydrogens (tertiary/aromatic N) is 4. The van der Waals surface area contributed by atoms with E-state index in [0.717, 1.165) is 31.5 Å². The van der Waals surface area contributed by atoms with Gasteiger partial charge in [-0.05, 0) is 82.2 Å². The fraction of sp³-hybridized carbons (Fsp3) is 0.407. The van der Waals surface area contributed by atoms with Gasteiger partial charge in [-0.15, -0.1) is 0 Å². The number of nitrogens with one attached hydrogen (secondary N) is 1. The second-order valence-corrected chi connectivity index (χ2v) is 11.8. The summed E-state index contributed by atoms with van der Waals surface area (Å²) in [5, 5.41) is -0.199. The number of ether oxygens (including phenoxy) is 1. The van der Waals surface area contributed by atoms with Crippen LogP contribution in [0.15, 0.2) is 53.7 Å². The molecule has 0 radical (unpaired) electrons. The van der Waals surface area contributed by atoms with E-state index in [0.29, 0.717) is 28.5 Å². The molecule has 1 amide bonds. The highest BCUT2D eigenvalue weighted by molar-refractivity contribution is 7.90. The number of carbonyl (C=O) groups is 1. The Kier molecular flexibility index (Phi) is 6.61. The van der Waals surface area contributed by atoms with E-state index in [1.54, 1.807) is 43.5 Å². The van der Waals surface area contributed by atoms with Crippen LogP contribution in [0.2, 0.25) is 0 Å². The van der Waals surface area contributed by atoms with Crippen molar-refractivity contribution in [3.8, 4) is 17.1 Å². The van der Waals surface area contributed by atoms with Gasteiger partial charge in [0.25, 0.3) is 15.9 Å². The summed E-state index contributed by atoms with van der Waals surface area (Å²) in [4.78, 5) is 28.7. The molecule has 0 aromatic carbocycles. The zero-order valence-corrected chi connectivity index (χ0v) is 22.1. The smallest absolute Gasteiger partial charge is 0.281 e. The molecule has 10 heteroatoms. The molecular weight excluding hydrogens is 490 g/mol. The minimum Gasteiger partial charge on any atom is -0.475 e. The summed E-state index contributed by atoms with van der Waals surface area (Å²) in [7, 11) is -4.14. The van der Waals surface area contributed by atoms with Crippen LogP contribution < -0.4 is 14.4 Å². The third kappa shape index (κ3) is 5.58. The first kappa shape index (κ1) is 25.1. The Morgan fingerprint density at radius 3 is 2.41 bits per heavy atom. The lowest BCUT2D eigenvalue weighted by Crippen LogP contribution is -2.38. The Hall–Kier alpha value is -3.53. The highest BCUT2D eigenvalue weighted by Gasteiger charge is 2.45. The number of piperidine rings is 1. The van der Waals surface area contributed by atoms with E-state index in [9.17, 15) is 13.2 Å². The summed E-state index contributed by atoms with van der Waals surface area (Å²) in [6.07, 6.45) is 6.27. The number of hydrogen-bond acceptors (Lipinski definition) is 8. The minimum atomic E-state index is -4.14. The molecule has 1 aliphatic heterocycles. The van der Waals surface area contributed by atoms with Gasteiger partial charge < -0.3 is 9.64 Å². The SMILES string of the molecule is Cc1cccc(S(=O)(=O)NC(=O)c2ccc(-c3ccc(OC(C)C)nc3)nc2N2CCC3(CC2)CC3)n1. The summed E-state index contributed by atoms with van der Waals surface area (Å²) in [5.74, 6) is 0.263. The first-order valence-corrected chi connectivity index (χ1v) is 14.0. The van der Waals surface area contributed by atoms with Crippen molar-refractivity contribution in [3.63, 3.8) is 0 Å². The molecule has 0 bridgehead atoms. The number of hydrogen-bond donors (Lipinski definition) is 1. The molecule has 1 aliphatic carbocycles. The maximum Gasteiger partial charge on any atom is 0.281 e. The Morgan fingerprint density at radius 1 is 1.03 bits per heavy atom. The van der Waals surface area contributed by atoms with Crippen LogP contribution in [-0.2, 0) is 10.0 Å². The Morgan fingerprint density at radius 2 is 1.78 bits per heavy atom. The average molecular weight is 522 g/mol. The Balaban J connectivity index is 1.46. The van der Waals surface area contributed by atoms with Gasteiger partial charge in [0.2, 0.25) is 5.88 Å². The molecule has 194 valence electrons. The first-order chi connectivity index (χ1) is 17.6. The number of aromatic nitrogens is 3. The zero-order chi connectivity index (χ0) is 26.2. The normalized spacial score (nSPS) is 16.6. The lowest BCUT2D eigenvalue weighted by Gasteiger charge is -2.34. The highest BCUT2D eigenvalue weighted by atomic mass is 32.2. The quantitative estimate of drug-likeness (QED) is 0.494. The Labute approximate surface area is 217 Å². The molecule has 4 heterocycles. The molecule has 2 fully saturated rings. The second-order valence-electron chi connectivity index (χ2n) is 10.2. The zero-order valence-electron chi connectivity index (χ0n) is 21.3. The molecule has 1 spiro atoms. The molecular formula is C27H31N5O4S. The topological polar surface area (TPSA) is 114 Å². The van der Waals surface area contributed by atoms with E-state index in [4.69, 9.17) is 9.72 Å². The fourth-order valence-corrected chi connectivity index (χ4v) is 5.62. The van der Waals surface area contributed by atoms with Crippen LogP contribution in [0.1, 0.15) is 55.6 Å². The summed E-state index contributed by atoms with van der Waals surface area (Å²) in [5.41, 5.74) is 2.61. The number of rotatable bonds is 7. The van der Waals surface area contributed by atoms with Crippen LogP contribution in [0.4, 0.5) is 5.82 Å². The molecule has 0 atom stereocenters. The van der Waals surface area contributed by atoms with Crippen molar-refractivity contribution < 1.29 is 17.9 Å². The van der Waals surface area contributed by atoms with Gasteiger partial charge in [-0.25, -0.2) is 19.7 Å².